The molecule has 0 bridgehead atoms. The van der Waals surface area contributed by atoms with E-state index in [9.17, 15) is 4.79 Å². The van der Waals surface area contributed by atoms with E-state index < -0.39 is 0 Å². The minimum absolute atomic E-state index is 0.0791. The molecule has 3 rings (SSSR count). The number of carbonyl (C=O) groups is 1. The first-order chi connectivity index (χ1) is 12.0. The van der Waals surface area contributed by atoms with Crippen LogP contribution in [0, 0.1) is 3.57 Å². The Morgan fingerprint density at radius 2 is 1.96 bits per heavy atom. The quantitative estimate of drug-likeness (QED) is 0.512. The number of amides is 1. The summed E-state index contributed by atoms with van der Waals surface area (Å²) in [6.07, 6.45) is 3.05. The van der Waals surface area contributed by atoms with Crippen LogP contribution in [0.15, 0.2) is 42.6 Å². The predicted octanol–water partition coefficient (Wildman–Crippen LogP) is 4.67. The second kappa shape index (κ2) is 7.74. The van der Waals surface area contributed by atoms with Gasteiger partial charge in [0.1, 0.15) is 5.65 Å². The van der Waals surface area contributed by atoms with Crippen molar-refractivity contribution in [1.29, 1.82) is 0 Å². The van der Waals surface area contributed by atoms with Gasteiger partial charge in [-0.3, -0.25) is 4.79 Å². The highest BCUT2D eigenvalue weighted by Gasteiger charge is 2.19. The fraction of sp³-hybridized carbons (Fsp3) is 0.263. The molecule has 0 aliphatic heterocycles. The van der Waals surface area contributed by atoms with E-state index in [0.717, 1.165) is 39.1 Å². The number of likely N-dealkylation sites (N-methyl/N-ethyl adjacent to an activating group) is 1. The van der Waals surface area contributed by atoms with Gasteiger partial charge in [0.25, 0.3) is 0 Å². The molecule has 0 radical (unpaired) electrons. The Hall–Kier alpha value is -1.60. The SMILES string of the molecule is CCCN(C)C(=O)Cc1c(-c2ccc(I)cc2)nc2ccc(Cl)cn12. The number of hydrogen-bond donors (Lipinski definition) is 0. The lowest BCUT2D eigenvalue weighted by Gasteiger charge is -2.16. The van der Waals surface area contributed by atoms with Crippen molar-refractivity contribution in [3.05, 3.63) is 56.9 Å². The minimum Gasteiger partial charge on any atom is -0.345 e. The lowest BCUT2D eigenvalue weighted by Crippen LogP contribution is -2.29. The Labute approximate surface area is 166 Å². The second-order valence-corrected chi connectivity index (χ2v) is 7.66. The standard InChI is InChI=1S/C19H19ClIN3O/c1-3-10-23(2)18(25)11-16-19(13-4-7-15(21)8-5-13)22-17-9-6-14(20)12-24(16)17/h4-9,12H,3,10-11H2,1-2H3. The summed E-state index contributed by atoms with van der Waals surface area (Å²) in [5.41, 5.74) is 3.49. The fourth-order valence-electron chi connectivity index (χ4n) is 2.81. The topological polar surface area (TPSA) is 37.6 Å². The van der Waals surface area contributed by atoms with Crippen molar-refractivity contribution in [3.8, 4) is 11.3 Å². The number of halogens is 2. The summed E-state index contributed by atoms with van der Waals surface area (Å²) in [5.74, 6) is 0.0791. The molecule has 130 valence electrons. The van der Waals surface area contributed by atoms with E-state index in [4.69, 9.17) is 16.6 Å². The average Bonchev–Trinajstić information content (AvgIpc) is 2.93. The molecule has 6 heteroatoms. The van der Waals surface area contributed by atoms with Crippen LogP contribution >= 0.6 is 34.2 Å². The van der Waals surface area contributed by atoms with Gasteiger partial charge in [-0.1, -0.05) is 30.7 Å². The number of carbonyl (C=O) groups excluding carboxylic acids is 1. The highest BCUT2D eigenvalue weighted by molar-refractivity contribution is 14.1. The van der Waals surface area contributed by atoms with Crippen LogP contribution in [0.1, 0.15) is 19.0 Å². The third-order valence-corrected chi connectivity index (χ3v) is 5.05. The van der Waals surface area contributed by atoms with E-state index in [1.54, 1.807) is 4.90 Å². The number of fused-ring (bicyclic) bond motifs is 1. The molecule has 0 saturated carbocycles. The number of imidazole rings is 1. The Morgan fingerprint density at radius 1 is 1.24 bits per heavy atom. The molecule has 0 N–H and O–H groups in total. The van der Waals surface area contributed by atoms with E-state index in [-0.39, 0.29) is 5.91 Å². The summed E-state index contributed by atoms with van der Waals surface area (Å²) in [6, 6.07) is 11.9. The average molecular weight is 468 g/mol. The van der Waals surface area contributed by atoms with Crippen LogP contribution in [0.4, 0.5) is 0 Å². The predicted molar refractivity (Wildman–Crippen MR) is 110 cm³/mol. The molecule has 0 aliphatic carbocycles. The molecule has 0 fully saturated rings. The lowest BCUT2D eigenvalue weighted by molar-refractivity contribution is -0.129. The minimum atomic E-state index is 0.0791. The van der Waals surface area contributed by atoms with Crippen molar-refractivity contribution in [1.82, 2.24) is 14.3 Å². The van der Waals surface area contributed by atoms with Crippen LogP contribution in [0.2, 0.25) is 5.02 Å². The van der Waals surface area contributed by atoms with Crippen molar-refractivity contribution >= 4 is 45.7 Å². The van der Waals surface area contributed by atoms with Crippen molar-refractivity contribution in [2.45, 2.75) is 19.8 Å². The van der Waals surface area contributed by atoms with E-state index >= 15 is 0 Å². The summed E-state index contributed by atoms with van der Waals surface area (Å²) >= 11 is 8.45. The van der Waals surface area contributed by atoms with Gasteiger partial charge in [0.15, 0.2) is 0 Å². The highest BCUT2D eigenvalue weighted by atomic mass is 127. The maximum Gasteiger partial charge on any atom is 0.228 e. The summed E-state index contributed by atoms with van der Waals surface area (Å²) in [6.45, 7) is 2.81. The molecule has 1 amide bonds. The first-order valence-electron chi connectivity index (χ1n) is 8.16. The number of rotatable bonds is 5. The van der Waals surface area contributed by atoms with Gasteiger partial charge in [-0.15, -0.1) is 0 Å². The highest BCUT2D eigenvalue weighted by Crippen LogP contribution is 2.27. The first kappa shape index (κ1) is 18.2. The summed E-state index contributed by atoms with van der Waals surface area (Å²) in [7, 11) is 1.84. The summed E-state index contributed by atoms with van der Waals surface area (Å²) in [5, 5.41) is 0.620. The van der Waals surface area contributed by atoms with Gasteiger partial charge in [0, 0.05) is 28.9 Å². The first-order valence-corrected chi connectivity index (χ1v) is 9.61. The Balaban J connectivity index is 2.09. The molecule has 0 aliphatic rings. The van der Waals surface area contributed by atoms with Crippen LogP contribution in [0.3, 0.4) is 0 Å². The molecule has 1 aromatic carbocycles. The molecule has 2 aromatic heterocycles. The number of aromatic nitrogens is 2. The molecule has 0 unspecified atom stereocenters. The zero-order valence-corrected chi connectivity index (χ0v) is 17.1. The van der Waals surface area contributed by atoms with Gasteiger partial charge < -0.3 is 9.30 Å². The molecular formula is C19H19ClIN3O. The van der Waals surface area contributed by atoms with E-state index in [0.29, 0.717) is 11.4 Å². The molecule has 0 saturated heterocycles. The van der Waals surface area contributed by atoms with Gasteiger partial charge in [-0.2, -0.15) is 0 Å². The van der Waals surface area contributed by atoms with Crippen molar-refractivity contribution in [2.75, 3.05) is 13.6 Å². The molecule has 4 nitrogen and oxygen atoms in total. The van der Waals surface area contributed by atoms with Crippen LogP contribution in [0.25, 0.3) is 16.9 Å². The van der Waals surface area contributed by atoms with Crippen LogP contribution in [0.5, 0.6) is 0 Å². The van der Waals surface area contributed by atoms with E-state index in [1.807, 2.05) is 54.0 Å². The number of pyridine rings is 1. The zero-order chi connectivity index (χ0) is 18.0. The zero-order valence-electron chi connectivity index (χ0n) is 14.2. The largest absolute Gasteiger partial charge is 0.345 e. The van der Waals surface area contributed by atoms with Crippen LogP contribution in [-0.2, 0) is 11.2 Å². The molecule has 0 atom stereocenters. The van der Waals surface area contributed by atoms with Crippen molar-refractivity contribution in [3.63, 3.8) is 0 Å². The Kier molecular flexibility index (Phi) is 5.64. The summed E-state index contributed by atoms with van der Waals surface area (Å²) < 4.78 is 3.08. The molecule has 25 heavy (non-hydrogen) atoms. The van der Waals surface area contributed by atoms with Crippen LogP contribution < -0.4 is 0 Å². The van der Waals surface area contributed by atoms with E-state index in [2.05, 4.69) is 29.5 Å². The summed E-state index contributed by atoms with van der Waals surface area (Å²) in [4.78, 5) is 19.1. The van der Waals surface area contributed by atoms with Crippen molar-refractivity contribution < 1.29 is 4.79 Å². The molecule has 2 heterocycles. The smallest absolute Gasteiger partial charge is 0.228 e. The van der Waals surface area contributed by atoms with Gasteiger partial charge in [0.2, 0.25) is 5.91 Å². The molecule has 0 spiro atoms. The van der Waals surface area contributed by atoms with Gasteiger partial charge in [-0.05, 0) is 53.3 Å². The third kappa shape index (κ3) is 3.98. The number of nitrogens with zero attached hydrogens (tertiary/aromatic N) is 3. The Bertz CT molecular complexity index is 905. The van der Waals surface area contributed by atoms with Gasteiger partial charge in [-0.25, -0.2) is 4.98 Å². The van der Waals surface area contributed by atoms with Gasteiger partial charge >= 0.3 is 0 Å². The normalized spacial score (nSPS) is 11.0. The fourth-order valence-corrected chi connectivity index (χ4v) is 3.33. The van der Waals surface area contributed by atoms with Gasteiger partial charge in [0.05, 0.1) is 22.8 Å². The maximum atomic E-state index is 12.6. The lowest BCUT2D eigenvalue weighted by atomic mass is 10.1. The van der Waals surface area contributed by atoms with Crippen molar-refractivity contribution in [2.24, 2.45) is 0 Å². The Morgan fingerprint density at radius 3 is 2.64 bits per heavy atom. The van der Waals surface area contributed by atoms with E-state index in [1.165, 1.54) is 0 Å². The van der Waals surface area contributed by atoms with Crippen LogP contribution in [-0.4, -0.2) is 33.8 Å². The second-order valence-electron chi connectivity index (χ2n) is 5.98. The third-order valence-electron chi connectivity index (χ3n) is 4.10. The monoisotopic (exact) mass is 467 g/mol. The number of hydrogen-bond acceptors (Lipinski definition) is 2. The molecule has 3 aromatic rings. The number of benzene rings is 1. The maximum absolute atomic E-state index is 12.6. The molecular weight excluding hydrogens is 449 g/mol.